The maximum absolute atomic E-state index is 4.42. The number of nitrogens with one attached hydrogen (secondary N) is 1. The molecule has 0 aliphatic heterocycles. The van der Waals surface area contributed by atoms with Crippen molar-refractivity contribution in [2.75, 3.05) is 25.5 Å². The van der Waals surface area contributed by atoms with Gasteiger partial charge in [-0.25, -0.2) is 9.97 Å². The SMILES string of the molecule is CCCCNCc1ccnc(N(C)C)n1. The lowest BCUT2D eigenvalue weighted by atomic mass is 10.3. The summed E-state index contributed by atoms with van der Waals surface area (Å²) in [5.74, 6) is 0.768. The first-order valence-electron chi connectivity index (χ1n) is 5.44. The molecule has 1 aromatic heterocycles. The smallest absolute Gasteiger partial charge is 0.225 e. The highest BCUT2D eigenvalue weighted by molar-refractivity contribution is 5.26. The third kappa shape index (κ3) is 4.25. The summed E-state index contributed by atoms with van der Waals surface area (Å²) in [6.45, 7) is 4.07. The minimum Gasteiger partial charge on any atom is -0.347 e. The second-order valence-corrected chi connectivity index (χ2v) is 3.77. The minimum absolute atomic E-state index is 0.768. The fourth-order valence-electron chi connectivity index (χ4n) is 1.22. The molecule has 0 amide bonds. The molecule has 0 bridgehead atoms. The van der Waals surface area contributed by atoms with E-state index in [1.54, 1.807) is 6.20 Å². The quantitative estimate of drug-likeness (QED) is 0.718. The molecule has 0 unspecified atom stereocenters. The Morgan fingerprint density at radius 3 is 2.87 bits per heavy atom. The van der Waals surface area contributed by atoms with Crippen LogP contribution >= 0.6 is 0 Å². The van der Waals surface area contributed by atoms with Crippen LogP contribution in [0.3, 0.4) is 0 Å². The Balaban J connectivity index is 2.43. The molecule has 0 atom stereocenters. The highest BCUT2D eigenvalue weighted by Gasteiger charge is 2.00. The second kappa shape index (κ2) is 6.35. The van der Waals surface area contributed by atoms with Gasteiger partial charge < -0.3 is 10.2 Å². The molecule has 15 heavy (non-hydrogen) atoms. The van der Waals surface area contributed by atoms with Crippen LogP contribution in [0, 0.1) is 0 Å². The number of nitrogens with zero attached hydrogens (tertiary/aromatic N) is 3. The zero-order chi connectivity index (χ0) is 11.1. The first-order valence-corrected chi connectivity index (χ1v) is 5.44. The van der Waals surface area contributed by atoms with E-state index in [0.29, 0.717) is 0 Å². The van der Waals surface area contributed by atoms with E-state index in [0.717, 1.165) is 24.7 Å². The minimum atomic E-state index is 0.768. The lowest BCUT2D eigenvalue weighted by Crippen LogP contribution is -2.18. The zero-order valence-electron chi connectivity index (χ0n) is 9.82. The number of hydrogen-bond acceptors (Lipinski definition) is 4. The number of unbranched alkanes of at least 4 members (excludes halogenated alkanes) is 1. The van der Waals surface area contributed by atoms with Gasteiger partial charge in [-0.15, -0.1) is 0 Å². The standard InChI is InChI=1S/C11H20N4/c1-4-5-7-12-9-10-6-8-13-11(14-10)15(2)3/h6,8,12H,4-5,7,9H2,1-3H3. The van der Waals surface area contributed by atoms with Crippen LogP contribution in [0.5, 0.6) is 0 Å². The van der Waals surface area contributed by atoms with Gasteiger partial charge in [-0.2, -0.15) is 0 Å². The summed E-state index contributed by atoms with van der Waals surface area (Å²) in [7, 11) is 3.90. The highest BCUT2D eigenvalue weighted by Crippen LogP contribution is 2.02. The second-order valence-electron chi connectivity index (χ2n) is 3.77. The molecule has 0 aliphatic carbocycles. The predicted molar refractivity (Wildman–Crippen MR) is 63.0 cm³/mol. The van der Waals surface area contributed by atoms with Crippen LogP contribution in [-0.4, -0.2) is 30.6 Å². The van der Waals surface area contributed by atoms with Crippen LogP contribution in [0.1, 0.15) is 25.5 Å². The Morgan fingerprint density at radius 2 is 2.20 bits per heavy atom. The summed E-state index contributed by atoms with van der Waals surface area (Å²) in [6, 6.07) is 1.95. The van der Waals surface area contributed by atoms with Gasteiger partial charge in [0.05, 0.1) is 5.69 Å². The molecule has 0 saturated heterocycles. The molecule has 0 fully saturated rings. The normalized spacial score (nSPS) is 10.3. The third-order valence-corrected chi connectivity index (χ3v) is 2.11. The van der Waals surface area contributed by atoms with Crippen LogP contribution < -0.4 is 10.2 Å². The summed E-state index contributed by atoms with van der Waals surface area (Å²) in [4.78, 5) is 10.5. The van der Waals surface area contributed by atoms with Crippen molar-refractivity contribution in [3.8, 4) is 0 Å². The molecule has 4 heteroatoms. The van der Waals surface area contributed by atoms with E-state index in [9.17, 15) is 0 Å². The number of hydrogen-bond donors (Lipinski definition) is 1. The Labute approximate surface area is 91.7 Å². The monoisotopic (exact) mass is 208 g/mol. The molecule has 1 N–H and O–H groups in total. The molecule has 0 aliphatic rings. The van der Waals surface area contributed by atoms with Crippen LogP contribution in [-0.2, 0) is 6.54 Å². The van der Waals surface area contributed by atoms with Crippen LogP contribution in [0.2, 0.25) is 0 Å². The molecule has 0 saturated carbocycles. The van der Waals surface area contributed by atoms with Gasteiger partial charge in [-0.3, -0.25) is 0 Å². The molecule has 1 heterocycles. The van der Waals surface area contributed by atoms with Gasteiger partial charge in [0, 0.05) is 26.8 Å². The van der Waals surface area contributed by atoms with Gasteiger partial charge in [-0.05, 0) is 19.0 Å². The average Bonchev–Trinajstić information content (AvgIpc) is 2.25. The van der Waals surface area contributed by atoms with Crippen LogP contribution in [0.15, 0.2) is 12.3 Å². The van der Waals surface area contributed by atoms with Crippen molar-refractivity contribution >= 4 is 5.95 Å². The van der Waals surface area contributed by atoms with E-state index in [1.165, 1.54) is 12.8 Å². The van der Waals surface area contributed by atoms with E-state index in [-0.39, 0.29) is 0 Å². The Bertz CT molecular complexity index is 286. The molecule has 84 valence electrons. The van der Waals surface area contributed by atoms with E-state index < -0.39 is 0 Å². The molecular formula is C11H20N4. The van der Waals surface area contributed by atoms with Gasteiger partial charge in [0.1, 0.15) is 0 Å². The molecule has 0 spiro atoms. The molecular weight excluding hydrogens is 188 g/mol. The van der Waals surface area contributed by atoms with E-state index in [4.69, 9.17) is 0 Å². The van der Waals surface area contributed by atoms with Gasteiger partial charge in [0.15, 0.2) is 0 Å². The Kier molecular flexibility index (Phi) is 5.04. The molecule has 0 radical (unpaired) electrons. The summed E-state index contributed by atoms with van der Waals surface area (Å²) in [5, 5.41) is 3.36. The highest BCUT2D eigenvalue weighted by atomic mass is 15.2. The third-order valence-electron chi connectivity index (χ3n) is 2.11. The molecule has 0 aromatic carbocycles. The molecule has 1 aromatic rings. The van der Waals surface area contributed by atoms with Crippen molar-refractivity contribution in [1.82, 2.24) is 15.3 Å². The maximum Gasteiger partial charge on any atom is 0.225 e. The topological polar surface area (TPSA) is 41.1 Å². The summed E-state index contributed by atoms with van der Waals surface area (Å²) in [5.41, 5.74) is 1.05. The van der Waals surface area contributed by atoms with Gasteiger partial charge in [-0.1, -0.05) is 13.3 Å². The van der Waals surface area contributed by atoms with Gasteiger partial charge in [0.2, 0.25) is 5.95 Å². The summed E-state index contributed by atoms with van der Waals surface area (Å²) < 4.78 is 0. The summed E-state index contributed by atoms with van der Waals surface area (Å²) >= 11 is 0. The Hall–Kier alpha value is -1.16. The lowest BCUT2D eigenvalue weighted by molar-refractivity contribution is 0.632. The fourth-order valence-corrected chi connectivity index (χ4v) is 1.22. The number of aromatic nitrogens is 2. The number of rotatable bonds is 6. The van der Waals surface area contributed by atoms with E-state index in [1.807, 2.05) is 25.1 Å². The molecule has 1 rings (SSSR count). The van der Waals surface area contributed by atoms with Crippen molar-refractivity contribution in [3.63, 3.8) is 0 Å². The van der Waals surface area contributed by atoms with Crippen molar-refractivity contribution < 1.29 is 0 Å². The average molecular weight is 208 g/mol. The maximum atomic E-state index is 4.42. The summed E-state index contributed by atoms with van der Waals surface area (Å²) in [6.07, 6.45) is 4.24. The van der Waals surface area contributed by atoms with Gasteiger partial charge in [0.25, 0.3) is 0 Å². The van der Waals surface area contributed by atoms with E-state index >= 15 is 0 Å². The molecule has 4 nitrogen and oxygen atoms in total. The largest absolute Gasteiger partial charge is 0.347 e. The van der Waals surface area contributed by atoms with Crippen molar-refractivity contribution in [2.24, 2.45) is 0 Å². The first kappa shape index (κ1) is 11.9. The number of anilines is 1. The Morgan fingerprint density at radius 1 is 1.40 bits per heavy atom. The van der Waals surface area contributed by atoms with Crippen molar-refractivity contribution in [1.29, 1.82) is 0 Å². The zero-order valence-corrected chi connectivity index (χ0v) is 9.82. The van der Waals surface area contributed by atoms with Crippen molar-refractivity contribution in [2.45, 2.75) is 26.3 Å². The van der Waals surface area contributed by atoms with E-state index in [2.05, 4.69) is 22.2 Å². The van der Waals surface area contributed by atoms with Crippen LogP contribution in [0.25, 0.3) is 0 Å². The predicted octanol–water partition coefficient (Wildman–Crippen LogP) is 1.43. The van der Waals surface area contributed by atoms with Crippen LogP contribution in [0.4, 0.5) is 5.95 Å². The van der Waals surface area contributed by atoms with Gasteiger partial charge >= 0.3 is 0 Å². The first-order chi connectivity index (χ1) is 7.24. The fraction of sp³-hybridized carbons (Fsp3) is 0.636. The van der Waals surface area contributed by atoms with Crippen molar-refractivity contribution in [3.05, 3.63) is 18.0 Å². The lowest BCUT2D eigenvalue weighted by Gasteiger charge is -2.10.